The minimum absolute atomic E-state index is 0.773. The Balaban J connectivity index is 1.92. The minimum Gasteiger partial charge on any atom is -0.319 e. The average Bonchev–Trinajstić information content (AvgIpc) is 2.33. The van der Waals surface area contributed by atoms with Crippen molar-refractivity contribution in [1.29, 1.82) is 0 Å². The Labute approximate surface area is 108 Å². The summed E-state index contributed by atoms with van der Waals surface area (Å²) in [5.41, 5.74) is 1.19. The van der Waals surface area contributed by atoms with E-state index in [-0.39, 0.29) is 0 Å². The van der Waals surface area contributed by atoms with Gasteiger partial charge in [-0.2, -0.15) is 0 Å². The molecule has 0 amide bonds. The van der Waals surface area contributed by atoms with Crippen LogP contribution in [0.2, 0.25) is 5.02 Å². The van der Waals surface area contributed by atoms with Crippen molar-refractivity contribution in [3.8, 4) is 0 Å². The number of hydrogen-bond donors (Lipinski definition) is 1. The van der Waals surface area contributed by atoms with Crippen LogP contribution < -0.4 is 5.32 Å². The van der Waals surface area contributed by atoms with Crippen LogP contribution in [0, 0.1) is 5.92 Å². The molecule has 1 saturated heterocycles. The number of pyridine rings is 1. The van der Waals surface area contributed by atoms with Gasteiger partial charge >= 0.3 is 0 Å². The molecule has 0 spiro atoms. The zero-order valence-corrected chi connectivity index (χ0v) is 11.1. The Morgan fingerprint density at radius 2 is 2.47 bits per heavy atom. The van der Waals surface area contributed by atoms with E-state index in [0.29, 0.717) is 0 Å². The van der Waals surface area contributed by atoms with Gasteiger partial charge in [-0.25, -0.2) is 0 Å². The molecular weight excluding hydrogens is 234 g/mol. The normalized spacial score (nSPS) is 21.6. The summed E-state index contributed by atoms with van der Waals surface area (Å²) in [5, 5.41) is 4.05. The van der Waals surface area contributed by atoms with Crippen LogP contribution in [0.4, 0.5) is 0 Å². The van der Waals surface area contributed by atoms with Gasteiger partial charge in [-0.05, 0) is 50.5 Å². The van der Waals surface area contributed by atoms with Gasteiger partial charge in [0.25, 0.3) is 0 Å². The van der Waals surface area contributed by atoms with Crippen LogP contribution in [-0.4, -0.2) is 36.6 Å². The fraction of sp³-hybridized carbons (Fsp3) is 0.615. The zero-order valence-electron chi connectivity index (χ0n) is 10.3. The molecule has 1 aromatic rings. The first-order valence-electron chi connectivity index (χ1n) is 6.25. The molecule has 4 heteroatoms. The second-order valence-corrected chi connectivity index (χ2v) is 5.18. The lowest BCUT2D eigenvalue weighted by molar-refractivity contribution is 0.167. The van der Waals surface area contributed by atoms with E-state index in [4.69, 9.17) is 11.6 Å². The number of nitrogens with one attached hydrogen (secondary N) is 1. The molecule has 0 radical (unpaired) electrons. The SMILES string of the molecule is CNCC1CCCN(Cc2ccncc2Cl)C1. The maximum atomic E-state index is 6.14. The van der Waals surface area contributed by atoms with Crippen LogP contribution in [0.1, 0.15) is 18.4 Å². The zero-order chi connectivity index (χ0) is 12.1. The van der Waals surface area contributed by atoms with Crippen molar-refractivity contribution in [3.05, 3.63) is 29.0 Å². The fourth-order valence-corrected chi connectivity index (χ4v) is 2.70. The molecule has 1 aromatic heterocycles. The number of nitrogens with zero attached hydrogens (tertiary/aromatic N) is 2. The predicted molar refractivity (Wildman–Crippen MR) is 71.2 cm³/mol. The number of hydrogen-bond acceptors (Lipinski definition) is 3. The van der Waals surface area contributed by atoms with E-state index in [1.807, 2.05) is 19.3 Å². The highest BCUT2D eigenvalue weighted by Gasteiger charge is 2.19. The summed E-state index contributed by atoms with van der Waals surface area (Å²) in [6.07, 6.45) is 6.17. The molecule has 0 saturated carbocycles. The molecule has 0 bridgehead atoms. The molecule has 1 fully saturated rings. The third kappa shape index (κ3) is 3.66. The van der Waals surface area contributed by atoms with Crippen LogP contribution in [0.5, 0.6) is 0 Å². The van der Waals surface area contributed by atoms with Gasteiger partial charge in [0.15, 0.2) is 0 Å². The number of halogens is 1. The van der Waals surface area contributed by atoms with Crippen molar-refractivity contribution in [2.45, 2.75) is 19.4 Å². The molecule has 1 unspecified atom stereocenters. The first-order valence-corrected chi connectivity index (χ1v) is 6.62. The van der Waals surface area contributed by atoms with Gasteiger partial charge in [0, 0.05) is 25.5 Å². The van der Waals surface area contributed by atoms with Gasteiger partial charge in [-0.1, -0.05) is 11.6 Å². The molecule has 1 aliphatic heterocycles. The summed E-state index contributed by atoms with van der Waals surface area (Å²) in [7, 11) is 2.03. The topological polar surface area (TPSA) is 28.2 Å². The Morgan fingerprint density at radius 3 is 3.24 bits per heavy atom. The highest BCUT2D eigenvalue weighted by Crippen LogP contribution is 2.21. The van der Waals surface area contributed by atoms with Gasteiger partial charge in [0.1, 0.15) is 0 Å². The van der Waals surface area contributed by atoms with Crippen LogP contribution in [0.25, 0.3) is 0 Å². The molecule has 94 valence electrons. The predicted octanol–water partition coefficient (Wildman–Crippen LogP) is 2.17. The van der Waals surface area contributed by atoms with Crippen molar-refractivity contribution in [3.63, 3.8) is 0 Å². The van der Waals surface area contributed by atoms with Gasteiger partial charge in [-0.15, -0.1) is 0 Å². The lowest BCUT2D eigenvalue weighted by atomic mass is 9.97. The summed E-state index contributed by atoms with van der Waals surface area (Å²) in [4.78, 5) is 6.51. The monoisotopic (exact) mass is 253 g/mol. The molecule has 2 heterocycles. The second-order valence-electron chi connectivity index (χ2n) is 4.77. The number of aromatic nitrogens is 1. The third-order valence-corrected chi connectivity index (χ3v) is 3.69. The van der Waals surface area contributed by atoms with Crippen molar-refractivity contribution >= 4 is 11.6 Å². The van der Waals surface area contributed by atoms with E-state index in [2.05, 4.69) is 15.2 Å². The van der Waals surface area contributed by atoms with Crippen molar-refractivity contribution in [2.75, 3.05) is 26.7 Å². The van der Waals surface area contributed by atoms with Gasteiger partial charge in [-0.3, -0.25) is 9.88 Å². The lowest BCUT2D eigenvalue weighted by Gasteiger charge is -2.32. The third-order valence-electron chi connectivity index (χ3n) is 3.35. The van der Waals surface area contributed by atoms with Gasteiger partial charge in [0.2, 0.25) is 0 Å². The molecule has 0 aliphatic carbocycles. The summed E-state index contributed by atoms with van der Waals surface area (Å²) < 4.78 is 0. The summed E-state index contributed by atoms with van der Waals surface area (Å²) in [6, 6.07) is 2.02. The van der Waals surface area contributed by atoms with Gasteiger partial charge in [0.05, 0.1) is 5.02 Å². The summed E-state index contributed by atoms with van der Waals surface area (Å²) >= 11 is 6.14. The van der Waals surface area contributed by atoms with Crippen LogP contribution >= 0.6 is 11.6 Å². The van der Waals surface area contributed by atoms with E-state index in [1.54, 1.807) is 6.20 Å². The van der Waals surface area contributed by atoms with Crippen molar-refractivity contribution in [1.82, 2.24) is 15.2 Å². The molecule has 1 aliphatic rings. The first-order chi connectivity index (χ1) is 8.29. The van der Waals surface area contributed by atoms with E-state index in [1.165, 1.54) is 31.5 Å². The highest BCUT2D eigenvalue weighted by molar-refractivity contribution is 6.31. The van der Waals surface area contributed by atoms with Crippen molar-refractivity contribution < 1.29 is 0 Å². The first kappa shape index (κ1) is 12.8. The standard InChI is InChI=1S/C13H20ClN3/c1-15-7-11-3-2-6-17(9-11)10-12-4-5-16-8-13(12)14/h4-5,8,11,15H,2-3,6-7,9-10H2,1H3. The van der Waals surface area contributed by atoms with E-state index in [9.17, 15) is 0 Å². The van der Waals surface area contributed by atoms with E-state index < -0.39 is 0 Å². The highest BCUT2D eigenvalue weighted by atomic mass is 35.5. The van der Waals surface area contributed by atoms with Crippen LogP contribution in [-0.2, 0) is 6.54 Å². The molecule has 1 atom stereocenters. The van der Waals surface area contributed by atoms with E-state index in [0.717, 1.165) is 24.0 Å². The van der Waals surface area contributed by atoms with Gasteiger partial charge < -0.3 is 5.32 Å². The summed E-state index contributed by atoms with van der Waals surface area (Å²) in [6.45, 7) is 4.40. The molecule has 17 heavy (non-hydrogen) atoms. The van der Waals surface area contributed by atoms with Crippen LogP contribution in [0.15, 0.2) is 18.5 Å². The molecular formula is C13H20ClN3. The molecule has 0 aromatic carbocycles. The Hall–Kier alpha value is -0.640. The smallest absolute Gasteiger partial charge is 0.0634 e. The average molecular weight is 254 g/mol. The number of rotatable bonds is 4. The van der Waals surface area contributed by atoms with Crippen LogP contribution in [0.3, 0.4) is 0 Å². The molecule has 2 rings (SSSR count). The summed E-state index contributed by atoms with van der Waals surface area (Å²) in [5.74, 6) is 0.773. The maximum Gasteiger partial charge on any atom is 0.0634 e. The Kier molecular flexibility index (Phi) is 4.77. The number of likely N-dealkylation sites (tertiary alicyclic amines) is 1. The minimum atomic E-state index is 0.773. The van der Waals surface area contributed by atoms with Crippen molar-refractivity contribution in [2.24, 2.45) is 5.92 Å². The molecule has 3 nitrogen and oxygen atoms in total. The quantitative estimate of drug-likeness (QED) is 0.892. The Morgan fingerprint density at radius 1 is 1.59 bits per heavy atom. The maximum absolute atomic E-state index is 6.14. The molecule has 1 N–H and O–H groups in total. The Bertz CT molecular complexity index is 354. The fourth-order valence-electron chi connectivity index (χ4n) is 2.52. The largest absolute Gasteiger partial charge is 0.319 e. The second kappa shape index (κ2) is 6.34. The van der Waals surface area contributed by atoms with E-state index >= 15 is 0 Å². The number of piperidine rings is 1. The lowest BCUT2D eigenvalue weighted by Crippen LogP contribution is -2.38.